The third-order valence-electron chi connectivity index (χ3n) is 0.830. The van der Waals surface area contributed by atoms with E-state index in [1.54, 1.807) is 0 Å². The maximum atomic E-state index is 5.15. The Morgan fingerprint density at radius 2 is 2.57 bits per heavy atom. The maximum Gasteiger partial charge on any atom is 0.124 e. The van der Waals surface area contributed by atoms with Crippen molar-refractivity contribution in [1.82, 2.24) is 5.43 Å². The van der Waals surface area contributed by atoms with Crippen LogP contribution >= 0.6 is 0 Å². The lowest BCUT2D eigenvalue weighted by Gasteiger charge is -2.28. The van der Waals surface area contributed by atoms with Crippen molar-refractivity contribution in [2.24, 2.45) is 0 Å². The monoisotopic (exact) mass is 215 g/mol. The summed E-state index contributed by atoms with van der Waals surface area (Å²) in [6.45, 7) is 1.78. The molecular formula is C3H8IN2O. The normalized spacial score (nSPS) is 42.0. The van der Waals surface area contributed by atoms with Gasteiger partial charge in [-0.1, -0.05) is 0 Å². The molecule has 1 aliphatic heterocycles. The Bertz CT molecular complexity index is 67.3. The van der Waals surface area contributed by atoms with Crippen LogP contribution in [0.1, 0.15) is 0 Å². The zero-order valence-corrected chi connectivity index (χ0v) is 6.31. The van der Waals surface area contributed by atoms with Gasteiger partial charge >= 0.3 is 0 Å². The summed E-state index contributed by atoms with van der Waals surface area (Å²) in [7, 11) is 1.95. The first-order valence-electron chi connectivity index (χ1n) is 2.16. The first kappa shape index (κ1) is 5.74. The van der Waals surface area contributed by atoms with E-state index in [2.05, 4.69) is 28.3 Å². The molecule has 1 radical (unpaired) electrons. The van der Waals surface area contributed by atoms with Gasteiger partial charge in [-0.15, -0.1) is 0 Å². The zero-order valence-electron chi connectivity index (χ0n) is 4.15. The van der Waals surface area contributed by atoms with Crippen molar-refractivity contribution in [3.05, 3.63) is 0 Å². The van der Waals surface area contributed by atoms with Crippen LogP contribution in [0.3, 0.4) is 0 Å². The SMILES string of the molecule is C[N+]1([I-])NCCO1. The Kier molecular flexibility index (Phi) is 1.52. The average molecular weight is 215 g/mol. The van der Waals surface area contributed by atoms with Crippen LogP contribution in [0.2, 0.25) is 0 Å². The minimum absolute atomic E-state index is 0.470. The molecule has 1 heterocycles. The van der Waals surface area contributed by atoms with Gasteiger partial charge in [0, 0.05) is 0 Å². The Morgan fingerprint density at radius 1 is 1.86 bits per heavy atom. The summed E-state index contributed by atoms with van der Waals surface area (Å²) in [5, 5.41) is 0. The van der Waals surface area contributed by atoms with E-state index >= 15 is 0 Å². The van der Waals surface area contributed by atoms with Gasteiger partial charge in [-0.3, -0.25) is 0 Å². The number of hydrogen-bond acceptors (Lipinski definition) is 2. The molecule has 0 aromatic carbocycles. The highest BCUT2D eigenvalue weighted by Crippen LogP contribution is 1.89. The van der Waals surface area contributed by atoms with Crippen molar-refractivity contribution in [3.8, 4) is 0 Å². The van der Waals surface area contributed by atoms with Crippen molar-refractivity contribution in [3.63, 3.8) is 0 Å². The van der Waals surface area contributed by atoms with E-state index in [1.807, 2.05) is 7.05 Å². The van der Waals surface area contributed by atoms with Crippen LogP contribution in [0, 0.1) is 0 Å². The smallest absolute Gasteiger partial charge is 0.124 e. The molecule has 4 heteroatoms. The molecule has 0 aromatic rings. The lowest BCUT2D eigenvalue weighted by atomic mass is 10.8. The van der Waals surface area contributed by atoms with Crippen molar-refractivity contribution in [2.45, 2.75) is 0 Å². The second-order valence-corrected chi connectivity index (χ2v) is 3.40. The van der Waals surface area contributed by atoms with Crippen LogP contribution in [0.5, 0.6) is 0 Å². The van der Waals surface area contributed by atoms with Gasteiger partial charge in [0.25, 0.3) is 0 Å². The predicted molar refractivity (Wildman–Crippen MR) is 20.1 cm³/mol. The number of rotatable bonds is 0. The molecule has 1 fully saturated rings. The quantitative estimate of drug-likeness (QED) is 0.332. The molecule has 43 valence electrons. The number of nitrogens with zero attached hydrogens (tertiary/aromatic N) is 1. The molecule has 1 aliphatic rings. The summed E-state index contributed by atoms with van der Waals surface area (Å²) >= 11 is 2.17. The van der Waals surface area contributed by atoms with Crippen LogP contribution in [0.15, 0.2) is 0 Å². The highest BCUT2D eigenvalue weighted by Gasteiger charge is 2.14. The van der Waals surface area contributed by atoms with Crippen molar-refractivity contribution in [1.29, 1.82) is 0 Å². The highest BCUT2D eigenvalue weighted by atomic mass is 127. The van der Waals surface area contributed by atoms with Gasteiger partial charge in [0.2, 0.25) is 0 Å². The van der Waals surface area contributed by atoms with Crippen molar-refractivity contribution < 1.29 is 30.7 Å². The van der Waals surface area contributed by atoms with E-state index in [0.717, 1.165) is 13.2 Å². The van der Waals surface area contributed by atoms with Crippen LogP contribution in [-0.2, 0) is 4.84 Å². The van der Waals surface area contributed by atoms with Crippen LogP contribution in [-0.4, -0.2) is 23.2 Å². The summed E-state index contributed by atoms with van der Waals surface area (Å²) in [4.78, 5) is 5.15. The lowest BCUT2D eigenvalue weighted by Crippen LogP contribution is -3.47. The maximum absolute atomic E-state index is 5.15. The van der Waals surface area contributed by atoms with E-state index in [1.165, 1.54) is 0 Å². The standard InChI is InChI=1S/C3H8IN2O/c1-6(4)5-2-3-7-6/h5H,2-3H2,1H3. The predicted octanol–water partition coefficient (Wildman–Crippen LogP) is -3.65. The number of quaternary nitrogens is 1. The molecule has 7 heavy (non-hydrogen) atoms. The molecule has 0 saturated carbocycles. The van der Waals surface area contributed by atoms with Crippen LogP contribution in [0.25, 0.3) is 0 Å². The number of nitrogens with one attached hydrogen (secondary N) is 1. The highest BCUT2D eigenvalue weighted by molar-refractivity contribution is 4.29. The Balaban J connectivity index is 2.40. The molecule has 1 unspecified atom stereocenters. The molecule has 0 amide bonds. The van der Waals surface area contributed by atoms with Gasteiger partial charge in [0.05, 0.1) is 13.6 Å². The largest absolute Gasteiger partial charge is 0.402 e. The molecule has 1 saturated heterocycles. The molecule has 3 nitrogen and oxygen atoms in total. The fraction of sp³-hybridized carbons (Fsp3) is 1.00. The molecule has 1 atom stereocenters. The first-order chi connectivity index (χ1) is 3.21. The Labute approximate surface area is 56.6 Å². The lowest BCUT2D eigenvalue weighted by molar-refractivity contribution is -1.41. The van der Waals surface area contributed by atoms with Crippen molar-refractivity contribution in [2.75, 3.05) is 20.2 Å². The molecule has 0 spiro atoms. The molecule has 1 rings (SSSR count). The second kappa shape index (κ2) is 1.85. The van der Waals surface area contributed by atoms with Crippen molar-refractivity contribution >= 4 is 0 Å². The van der Waals surface area contributed by atoms with Gasteiger partial charge in [-0.25, -0.2) is 7.81 Å². The summed E-state index contributed by atoms with van der Waals surface area (Å²) in [5.74, 6) is 0. The fourth-order valence-corrected chi connectivity index (χ4v) is 0.946. The third-order valence-corrected chi connectivity index (χ3v) is 1.45. The zero-order chi connectivity index (χ0) is 5.33. The van der Waals surface area contributed by atoms with Crippen LogP contribution in [0.4, 0.5) is 0 Å². The third kappa shape index (κ3) is 1.52. The van der Waals surface area contributed by atoms with Crippen LogP contribution < -0.4 is 28.3 Å². The number of halogens is 1. The van der Waals surface area contributed by atoms with Gasteiger partial charge in [-0.2, -0.15) is 5.43 Å². The fourth-order valence-electron chi connectivity index (χ4n) is 0.508. The van der Waals surface area contributed by atoms with E-state index in [9.17, 15) is 0 Å². The molecule has 0 bridgehead atoms. The number of hydrogen-bond donors (Lipinski definition) is 1. The average Bonchev–Trinajstić information content (AvgIpc) is 1.84. The number of hydroxylamine groups is 1. The Hall–Kier alpha value is 0.610. The Morgan fingerprint density at radius 3 is 2.71 bits per heavy atom. The summed E-state index contributed by atoms with van der Waals surface area (Å²) < 4.78 is 0.470. The summed E-state index contributed by atoms with van der Waals surface area (Å²) in [5.41, 5.74) is 3.10. The minimum atomic E-state index is 0.470. The second-order valence-electron chi connectivity index (χ2n) is 1.56. The van der Waals surface area contributed by atoms with Gasteiger partial charge < -0.3 is 22.9 Å². The van der Waals surface area contributed by atoms with E-state index in [4.69, 9.17) is 4.84 Å². The van der Waals surface area contributed by atoms with Gasteiger partial charge in [-0.05, 0) is 0 Å². The molecular weight excluding hydrogens is 207 g/mol. The topological polar surface area (TPSA) is 21.3 Å². The summed E-state index contributed by atoms with van der Waals surface area (Å²) in [6, 6.07) is 0. The van der Waals surface area contributed by atoms with Gasteiger partial charge in [0.15, 0.2) is 0 Å². The van der Waals surface area contributed by atoms with Gasteiger partial charge in [0.1, 0.15) is 6.61 Å². The molecule has 1 N–H and O–H groups in total. The van der Waals surface area contributed by atoms with E-state index < -0.39 is 0 Å². The van der Waals surface area contributed by atoms with E-state index in [-0.39, 0.29) is 0 Å². The molecule has 0 aromatic heterocycles. The molecule has 0 aliphatic carbocycles. The van der Waals surface area contributed by atoms with E-state index in [0.29, 0.717) is 2.97 Å². The minimum Gasteiger partial charge on any atom is -0.402 e. The summed E-state index contributed by atoms with van der Waals surface area (Å²) in [6.07, 6.45) is 0. The first-order valence-corrected chi connectivity index (χ1v) is 3.13.